The molecule has 0 bridgehead atoms. The van der Waals surface area contributed by atoms with Crippen LogP contribution in [0.25, 0.3) is 0 Å². The molecule has 3 atom stereocenters. The lowest BCUT2D eigenvalue weighted by Gasteiger charge is -2.28. The maximum Gasteiger partial charge on any atom is 0.308 e. The molecule has 0 aromatic rings. The van der Waals surface area contributed by atoms with Crippen molar-refractivity contribution in [1.82, 2.24) is 10.6 Å². The number of hydrogen-bond donors (Lipinski definition) is 6. The van der Waals surface area contributed by atoms with Crippen LogP contribution in [-0.4, -0.2) is 88.1 Å². The van der Waals surface area contributed by atoms with Gasteiger partial charge in [-0.2, -0.15) is 0 Å². The molecule has 20 heteroatoms. The van der Waals surface area contributed by atoms with Gasteiger partial charge >= 0.3 is 23.9 Å². The van der Waals surface area contributed by atoms with E-state index in [2.05, 4.69) is 10.6 Å². The monoisotopic (exact) mass is 1070 g/mol. The number of ketones is 2. The van der Waals surface area contributed by atoms with Crippen LogP contribution in [0.3, 0.4) is 0 Å². The Bertz CT molecular complexity index is 1570. The molecule has 1 saturated carbocycles. The smallest absolute Gasteiger partial charge is 0.308 e. The topological polar surface area (TPSA) is 242 Å². The second-order valence-electron chi connectivity index (χ2n) is 18.8. The largest absolute Gasteiger partial charge is 0.481 e. The van der Waals surface area contributed by atoms with Crippen LogP contribution >= 0.6 is 64.8 Å². The zero-order chi connectivity index (χ0) is 49.6. The lowest BCUT2D eigenvalue weighted by atomic mass is 9.78. The minimum absolute atomic E-state index is 0.0566. The summed E-state index contributed by atoms with van der Waals surface area (Å²) in [6.07, 6.45) is 23.0. The molecular formula is C48H78N2O12S6. The number of carbonyl (C=O) groups is 8. The van der Waals surface area contributed by atoms with Gasteiger partial charge in [-0.3, -0.25) is 38.4 Å². The van der Waals surface area contributed by atoms with Gasteiger partial charge in [0.15, 0.2) is 2.74 Å². The van der Waals surface area contributed by atoms with Crippen LogP contribution in [0.2, 0.25) is 0 Å². The van der Waals surface area contributed by atoms with Crippen LogP contribution in [0.15, 0.2) is 0 Å². The van der Waals surface area contributed by atoms with E-state index in [1.807, 2.05) is 0 Å². The Morgan fingerprint density at radius 2 is 0.971 bits per heavy atom. The predicted molar refractivity (Wildman–Crippen MR) is 279 cm³/mol. The first-order chi connectivity index (χ1) is 32.7. The second-order valence-corrected chi connectivity index (χ2v) is 28.3. The number of carboxylic acid groups (broad SMARTS) is 4. The first-order valence-electron chi connectivity index (χ1n) is 25.2. The molecule has 2 heterocycles. The Morgan fingerprint density at radius 1 is 0.485 bits per heavy atom. The molecule has 2 saturated heterocycles. The highest BCUT2D eigenvalue weighted by Gasteiger charge is 2.53. The first kappa shape index (κ1) is 60.6. The summed E-state index contributed by atoms with van der Waals surface area (Å²) in [6.45, 7) is 0.902. The van der Waals surface area contributed by atoms with E-state index >= 15 is 0 Å². The lowest BCUT2D eigenvalue weighted by molar-refractivity contribution is -0.146. The third kappa shape index (κ3) is 27.2. The predicted octanol–water partition coefficient (Wildman–Crippen LogP) is 12.0. The number of Topliss-reactive ketones (excluding diaryl/α,β-unsaturated/α-hetero) is 2. The average Bonchev–Trinajstić information content (AvgIpc) is 4.07. The Morgan fingerprint density at radius 3 is 1.47 bits per heavy atom. The SMILES string of the molecule is O=C(O)CCCCCCCCCCCCCCCCCCC(=O)NCC1CCC(C(=O)C[C@@H](CCC(=O)C[C@@H](CCC(=O)NCCCC[C@@H](C(=O)O)C2SSC3(SS2)SS3)C(=O)O)C(=O)O)CC1. The first-order valence-corrected chi connectivity index (χ1v) is 31.8. The van der Waals surface area contributed by atoms with E-state index in [0.717, 1.165) is 51.4 Å². The molecular weight excluding hydrogens is 989 g/mol. The molecule has 3 rings (SSSR count). The van der Waals surface area contributed by atoms with E-state index in [0.29, 0.717) is 51.6 Å². The quantitative estimate of drug-likeness (QED) is 0.0189. The van der Waals surface area contributed by atoms with E-state index in [1.165, 1.54) is 64.2 Å². The summed E-state index contributed by atoms with van der Waals surface area (Å²) in [6, 6.07) is 0. The molecule has 2 aliphatic heterocycles. The maximum absolute atomic E-state index is 13.2. The minimum atomic E-state index is -1.21. The van der Waals surface area contributed by atoms with Crippen molar-refractivity contribution in [3.05, 3.63) is 0 Å². The van der Waals surface area contributed by atoms with Crippen LogP contribution in [0.4, 0.5) is 0 Å². The molecule has 3 aliphatic rings. The fourth-order valence-electron chi connectivity index (χ4n) is 8.77. The fraction of sp³-hybridized carbons (Fsp3) is 0.833. The molecule has 3 fully saturated rings. The van der Waals surface area contributed by atoms with Gasteiger partial charge in [0.05, 0.1) is 22.3 Å². The van der Waals surface area contributed by atoms with Gasteiger partial charge < -0.3 is 31.1 Å². The molecule has 0 unspecified atom stereocenters. The third-order valence-electron chi connectivity index (χ3n) is 13.2. The van der Waals surface area contributed by atoms with Crippen molar-refractivity contribution in [3.63, 3.8) is 0 Å². The van der Waals surface area contributed by atoms with Crippen molar-refractivity contribution in [3.8, 4) is 0 Å². The van der Waals surface area contributed by atoms with E-state index < -0.39 is 47.4 Å². The molecule has 1 aliphatic carbocycles. The van der Waals surface area contributed by atoms with Crippen molar-refractivity contribution in [1.29, 1.82) is 0 Å². The van der Waals surface area contributed by atoms with E-state index in [4.69, 9.17) is 5.11 Å². The Kier molecular flexibility index (Phi) is 31.5. The summed E-state index contributed by atoms with van der Waals surface area (Å²) >= 11 is 0. The number of amides is 2. The highest BCUT2D eigenvalue weighted by molar-refractivity contribution is 9.14. The average molecular weight is 1070 g/mol. The van der Waals surface area contributed by atoms with Crippen molar-refractivity contribution in [2.75, 3.05) is 13.1 Å². The number of nitrogens with one attached hydrogen (secondary N) is 2. The number of rotatable bonds is 41. The molecule has 6 N–H and O–H groups in total. The van der Waals surface area contributed by atoms with Gasteiger partial charge in [0.2, 0.25) is 11.8 Å². The highest BCUT2D eigenvalue weighted by atomic mass is 33.2. The van der Waals surface area contributed by atoms with E-state index in [1.54, 1.807) is 64.8 Å². The second kappa shape index (κ2) is 35.4. The molecule has 1 spiro atoms. The summed E-state index contributed by atoms with van der Waals surface area (Å²) in [7, 11) is 10.2. The summed E-state index contributed by atoms with van der Waals surface area (Å²) in [4.78, 5) is 97.5. The zero-order valence-corrected chi connectivity index (χ0v) is 44.7. The van der Waals surface area contributed by atoms with Crippen molar-refractivity contribution >= 4 is 112 Å². The van der Waals surface area contributed by atoms with Gasteiger partial charge in [0.1, 0.15) is 11.6 Å². The summed E-state index contributed by atoms with van der Waals surface area (Å²) in [5.74, 6) is -7.42. The normalized spacial score (nSPS) is 19.1. The van der Waals surface area contributed by atoms with Gasteiger partial charge in [-0.1, -0.05) is 139 Å². The molecule has 2 amide bonds. The van der Waals surface area contributed by atoms with Crippen LogP contribution < -0.4 is 10.6 Å². The van der Waals surface area contributed by atoms with Gasteiger partial charge in [-0.05, 0) is 91.7 Å². The molecule has 14 nitrogen and oxygen atoms in total. The summed E-state index contributed by atoms with van der Waals surface area (Å²) < 4.78 is 0.0421. The lowest BCUT2D eigenvalue weighted by Crippen LogP contribution is -2.33. The number of unbranched alkanes of at least 4 members (excludes halogenated alkanes) is 16. The minimum Gasteiger partial charge on any atom is -0.481 e. The van der Waals surface area contributed by atoms with Gasteiger partial charge in [-0.25, -0.2) is 0 Å². The molecule has 388 valence electrons. The van der Waals surface area contributed by atoms with Crippen LogP contribution in [0.1, 0.15) is 199 Å². The van der Waals surface area contributed by atoms with Crippen LogP contribution in [-0.2, 0) is 38.4 Å². The fourth-order valence-corrected chi connectivity index (χ4v) is 22.6. The Labute approximate surface area is 427 Å². The van der Waals surface area contributed by atoms with E-state index in [9.17, 15) is 53.7 Å². The van der Waals surface area contributed by atoms with Gasteiger partial charge in [0, 0.05) is 57.5 Å². The van der Waals surface area contributed by atoms with Gasteiger partial charge in [0.25, 0.3) is 0 Å². The molecule has 68 heavy (non-hydrogen) atoms. The number of hydrogen-bond acceptors (Lipinski definition) is 14. The Hall–Kier alpha value is -1.74. The summed E-state index contributed by atoms with van der Waals surface area (Å²) in [5.41, 5.74) is 0. The van der Waals surface area contributed by atoms with Crippen LogP contribution in [0, 0.1) is 29.6 Å². The third-order valence-corrected chi connectivity index (χ3v) is 27.0. The number of carbonyl (C=O) groups excluding carboxylic acids is 4. The standard InChI is InChI=1S/C48H78N2O12S6/c51-38(31-36(44(57)58)27-29-42(54)49-30-18-17-19-39(46(61)62)47-63-65-48(66-64-47)67-68-48)28-26-37(45(59)60)32-40(52)35-24-22-34(23-25-35)33-50-41(53)20-15-13-11-9-7-5-3-1-2-4-6-8-10-12-14-16-21-43(55)56/h34-37,39,47H,1-33H2,(H,49,54)(H,50,53)(H,55,56)(H,57,58)(H,59,60)(H,61,62)/t34?,35?,36-,37-,39+/m1/s1. The van der Waals surface area contributed by atoms with Crippen molar-refractivity contribution < 1.29 is 58.8 Å². The molecule has 0 aromatic carbocycles. The highest BCUT2D eigenvalue weighted by Crippen LogP contribution is 2.84. The maximum atomic E-state index is 13.2. The Balaban J connectivity index is 1.17. The van der Waals surface area contributed by atoms with Gasteiger partial charge in [-0.15, -0.1) is 0 Å². The number of aliphatic carboxylic acids is 4. The molecule has 0 radical (unpaired) electrons. The summed E-state index contributed by atoms with van der Waals surface area (Å²) in [5, 5.41) is 43.9. The number of carboxylic acids is 4. The van der Waals surface area contributed by atoms with Crippen molar-refractivity contribution in [2.24, 2.45) is 29.6 Å². The molecule has 0 aromatic heterocycles. The van der Waals surface area contributed by atoms with Crippen molar-refractivity contribution in [2.45, 2.75) is 206 Å². The van der Waals surface area contributed by atoms with Crippen LogP contribution in [0.5, 0.6) is 0 Å². The zero-order valence-electron chi connectivity index (χ0n) is 39.8. The van der Waals surface area contributed by atoms with E-state index in [-0.39, 0.29) is 81.7 Å².